The number of rotatable bonds is 4. The van der Waals surface area contributed by atoms with Crippen molar-refractivity contribution in [2.75, 3.05) is 6.54 Å². The van der Waals surface area contributed by atoms with Gasteiger partial charge in [0.05, 0.1) is 0 Å². The van der Waals surface area contributed by atoms with E-state index in [0.29, 0.717) is 18.3 Å². The largest absolute Gasteiger partial charge is 0.409 e. The Morgan fingerprint density at radius 2 is 2.13 bits per heavy atom. The van der Waals surface area contributed by atoms with E-state index in [-0.39, 0.29) is 0 Å². The van der Waals surface area contributed by atoms with Crippen molar-refractivity contribution in [2.24, 2.45) is 22.7 Å². The maximum Gasteiger partial charge on any atom is 0.140 e. The molecule has 88 valence electrons. The van der Waals surface area contributed by atoms with Gasteiger partial charge in [0.25, 0.3) is 0 Å². The van der Waals surface area contributed by atoms with Crippen LogP contribution in [-0.2, 0) is 0 Å². The number of amidine groups is 1. The zero-order valence-electron chi connectivity index (χ0n) is 9.74. The van der Waals surface area contributed by atoms with Crippen LogP contribution in [0.4, 0.5) is 0 Å². The second kappa shape index (κ2) is 5.95. The summed E-state index contributed by atoms with van der Waals surface area (Å²) in [6, 6.07) is 0.614. The van der Waals surface area contributed by atoms with Gasteiger partial charge in [-0.2, -0.15) is 0 Å². The van der Waals surface area contributed by atoms with Crippen LogP contribution in [0.2, 0.25) is 0 Å². The summed E-state index contributed by atoms with van der Waals surface area (Å²) in [6.45, 7) is 5.46. The first-order valence-electron chi connectivity index (χ1n) is 5.83. The van der Waals surface area contributed by atoms with Crippen molar-refractivity contribution in [1.29, 1.82) is 0 Å². The number of nitrogens with zero attached hydrogens (tertiary/aromatic N) is 1. The highest BCUT2D eigenvalue weighted by atomic mass is 16.4. The molecule has 3 atom stereocenters. The number of hydrogen-bond donors (Lipinski definition) is 3. The summed E-state index contributed by atoms with van der Waals surface area (Å²) in [5.41, 5.74) is 5.40. The summed E-state index contributed by atoms with van der Waals surface area (Å²) in [5, 5.41) is 14.8. The lowest BCUT2D eigenvalue weighted by atomic mass is 9.79. The standard InChI is InChI=1S/C11H23N3O/c1-8-3-4-10(7-9(8)2)13-6-5-11(12)14-15/h8-10,13,15H,3-7H2,1-2H3,(H2,12,14). The zero-order valence-corrected chi connectivity index (χ0v) is 9.74. The van der Waals surface area contributed by atoms with E-state index < -0.39 is 0 Å². The topological polar surface area (TPSA) is 70.6 Å². The molecule has 15 heavy (non-hydrogen) atoms. The Morgan fingerprint density at radius 3 is 2.73 bits per heavy atom. The molecule has 0 aliphatic heterocycles. The van der Waals surface area contributed by atoms with Gasteiger partial charge in [0.1, 0.15) is 5.84 Å². The maximum atomic E-state index is 8.38. The molecule has 4 N–H and O–H groups in total. The third kappa shape index (κ3) is 4.08. The molecule has 1 rings (SSSR count). The van der Waals surface area contributed by atoms with Gasteiger partial charge in [-0.3, -0.25) is 0 Å². The molecule has 0 amide bonds. The van der Waals surface area contributed by atoms with Crippen LogP contribution in [0.15, 0.2) is 5.16 Å². The Kier molecular flexibility index (Phi) is 4.88. The highest BCUT2D eigenvalue weighted by molar-refractivity contribution is 5.79. The molecule has 1 aliphatic carbocycles. The number of nitrogens with one attached hydrogen (secondary N) is 1. The number of oxime groups is 1. The molecule has 1 saturated carbocycles. The summed E-state index contributed by atoms with van der Waals surface area (Å²) in [5.74, 6) is 1.96. The summed E-state index contributed by atoms with van der Waals surface area (Å²) in [6.07, 6.45) is 4.43. The predicted molar refractivity (Wildman–Crippen MR) is 62.0 cm³/mol. The highest BCUT2D eigenvalue weighted by Gasteiger charge is 2.23. The molecule has 0 spiro atoms. The minimum Gasteiger partial charge on any atom is -0.409 e. The van der Waals surface area contributed by atoms with Crippen molar-refractivity contribution in [3.8, 4) is 0 Å². The average Bonchev–Trinajstić information content (AvgIpc) is 2.23. The van der Waals surface area contributed by atoms with Gasteiger partial charge in [-0.05, 0) is 31.1 Å². The summed E-state index contributed by atoms with van der Waals surface area (Å²) >= 11 is 0. The molecule has 4 heteroatoms. The lowest BCUT2D eigenvalue weighted by molar-refractivity contribution is 0.227. The van der Waals surface area contributed by atoms with E-state index in [9.17, 15) is 0 Å². The fourth-order valence-corrected chi connectivity index (χ4v) is 2.19. The Hall–Kier alpha value is -0.770. The molecule has 1 fully saturated rings. The van der Waals surface area contributed by atoms with Gasteiger partial charge >= 0.3 is 0 Å². The molecule has 0 aromatic rings. The van der Waals surface area contributed by atoms with Gasteiger partial charge in [0, 0.05) is 19.0 Å². The van der Waals surface area contributed by atoms with Gasteiger partial charge < -0.3 is 16.3 Å². The fourth-order valence-electron chi connectivity index (χ4n) is 2.19. The van der Waals surface area contributed by atoms with Crippen LogP contribution in [-0.4, -0.2) is 23.6 Å². The van der Waals surface area contributed by atoms with Crippen molar-refractivity contribution in [1.82, 2.24) is 5.32 Å². The van der Waals surface area contributed by atoms with Crippen molar-refractivity contribution in [3.05, 3.63) is 0 Å². The monoisotopic (exact) mass is 213 g/mol. The van der Waals surface area contributed by atoms with Crippen LogP contribution in [0.5, 0.6) is 0 Å². The molecule has 0 radical (unpaired) electrons. The normalized spacial score (nSPS) is 32.9. The van der Waals surface area contributed by atoms with Crippen LogP contribution in [0.3, 0.4) is 0 Å². The molecule has 4 nitrogen and oxygen atoms in total. The molecular formula is C11H23N3O. The van der Waals surface area contributed by atoms with E-state index >= 15 is 0 Å². The number of nitrogens with two attached hydrogens (primary N) is 1. The minimum atomic E-state index is 0.305. The smallest absolute Gasteiger partial charge is 0.140 e. The molecule has 0 saturated heterocycles. The molecule has 0 heterocycles. The molecule has 0 aromatic heterocycles. The first-order chi connectivity index (χ1) is 7.13. The fraction of sp³-hybridized carbons (Fsp3) is 0.909. The summed E-state index contributed by atoms with van der Waals surface area (Å²) in [4.78, 5) is 0. The molecule has 0 aromatic carbocycles. The van der Waals surface area contributed by atoms with E-state index in [4.69, 9.17) is 10.9 Å². The number of hydrogen-bond acceptors (Lipinski definition) is 3. The van der Waals surface area contributed by atoms with Crippen molar-refractivity contribution < 1.29 is 5.21 Å². The Labute approximate surface area is 91.9 Å². The first kappa shape index (κ1) is 12.3. The van der Waals surface area contributed by atoms with E-state index in [1.165, 1.54) is 19.3 Å². The van der Waals surface area contributed by atoms with Crippen molar-refractivity contribution in [3.63, 3.8) is 0 Å². The van der Waals surface area contributed by atoms with E-state index in [0.717, 1.165) is 18.4 Å². The second-order valence-electron chi connectivity index (χ2n) is 4.76. The molecule has 0 bridgehead atoms. The second-order valence-corrected chi connectivity index (χ2v) is 4.76. The van der Waals surface area contributed by atoms with E-state index in [2.05, 4.69) is 24.3 Å². The third-order valence-electron chi connectivity index (χ3n) is 3.54. The van der Waals surface area contributed by atoms with Crippen molar-refractivity contribution in [2.45, 2.75) is 45.6 Å². The third-order valence-corrected chi connectivity index (χ3v) is 3.54. The molecular weight excluding hydrogens is 190 g/mol. The first-order valence-corrected chi connectivity index (χ1v) is 5.83. The minimum absolute atomic E-state index is 0.305. The van der Waals surface area contributed by atoms with Gasteiger partial charge in [0.2, 0.25) is 0 Å². The lowest BCUT2D eigenvalue weighted by Crippen LogP contribution is -2.37. The molecule has 1 aliphatic rings. The van der Waals surface area contributed by atoms with Crippen LogP contribution in [0.1, 0.15) is 39.5 Å². The summed E-state index contributed by atoms with van der Waals surface area (Å²) in [7, 11) is 0. The highest BCUT2D eigenvalue weighted by Crippen LogP contribution is 2.29. The van der Waals surface area contributed by atoms with Gasteiger partial charge in [-0.1, -0.05) is 19.0 Å². The quantitative estimate of drug-likeness (QED) is 0.287. The molecule has 3 unspecified atom stereocenters. The summed E-state index contributed by atoms with van der Waals surface area (Å²) < 4.78 is 0. The Morgan fingerprint density at radius 1 is 1.40 bits per heavy atom. The lowest BCUT2D eigenvalue weighted by Gasteiger charge is -2.32. The average molecular weight is 213 g/mol. The van der Waals surface area contributed by atoms with Crippen LogP contribution in [0.25, 0.3) is 0 Å². The zero-order chi connectivity index (χ0) is 11.3. The van der Waals surface area contributed by atoms with E-state index in [1.807, 2.05) is 0 Å². The Bertz CT molecular complexity index is 218. The van der Waals surface area contributed by atoms with Crippen LogP contribution in [0, 0.1) is 11.8 Å². The van der Waals surface area contributed by atoms with Gasteiger partial charge in [0.15, 0.2) is 0 Å². The van der Waals surface area contributed by atoms with Gasteiger partial charge in [-0.25, -0.2) is 0 Å². The predicted octanol–water partition coefficient (Wildman–Crippen LogP) is 1.54. The van der Waals surface area contributed by atoms with Gasteiger partial charge in [-0.15, -0.1) is 0 Å². The maximum absolute atomic E-state index is 8.38. The van der Waals surface area contributed by atoms with Crippen LogP contribution < -0.4 is 11.1 Å². The SMILES string of the molecule is CC1CCC(NCCC(N)=NO)CC1C. The van der Waals surface area contributed by atoms with Crippen molar-refractivity contribution >= 4 is 5.84 Å². The van der Waals surface area contributed by atoms with E-state index in [1.54, 1.807) is 0 Å². The van der Waals surface area contributed by atoms with Crippen LogP contribution >= 0.6 is 0 Å². The Balaban J connectivity index is 2.17.